The number of hydrogen-bond donors (Lipinski definition) is 2. The van der Waals surface area contributed by atoms with E-state index in [1.165, 1.54) is 18.3 Å². The molecule has 5 rings (SSSR count). The summed E-state index contributed by atoms with van der Waals surface area (Å²) in [5.41, 5.74) is 1.50. The van der Waals surface area contributed by atoms with Crippen LogP contribution in [0.5, 0.6) is 0 Å². The molecule has 0 bridgehead atoms. The molecule has 0 saturated carbocycles. The van der Waals surface area contributed by atoms with E-state index >= 15 is 0 Å². The van der Waals surface area contributed by atoms with Crippen molar-refractivity contribution in [2.75, 3.05) is 46.6 Å². The minimum atomic E-state index is -4.39. The Labute approximate surface area is 239 Å². The molecule has 1 amide bonds. The monoisotopic (exact) mass is 585 g/mol. The summed E-state index contributed by atoms with van der Waals surface area (Å²) in [6.45, 7) is 5.60. The number of rotatable bonds is 6. The summed E-state index contributed by atoms with van der Waals surface area (Å²) >= 11 is 6.25. The van der Waals surface area contributed by atoms with E-state index in [1.807, 2.05) is 22.8 Å². The molecular weight excluding hydrogens is 559 g/mol. The van der Waals surface area contributed by atoms with Crippen molar-refractivity contribution in [2.24, 2.45) is 7.05 Å². The predicted molar refractivity (Wildman–Crippen MR) is 151 cm³/mol. The predicted octanol–water partition coefficient (Wildman–Crippen LogP) is 5.22. The Kier molecular flexibility index (Phi) is 7.72. The SMILES string of the molecule is Cc1nc(Nc2ncc(C(=O)Nc3c(C)cccc3Cl)n2C)nc(N2CCN(c3cccc(C(F)(F)F)c3)CC2)n1. The van der Waals surface area contributed by atoms with Crippen LogP contribution in [0.4, 0.5) is 42.4 Å². The van der Waals surface area contributed by atoms with Gasteiger partial charge in [-0.2, -0.15) is 28.1 Å². The first-order valence-corrected chi connectivity index (χ1v) is 13.1. The van der Waals surface area contributed by atoms with Crippen molar-refractivity contribution in [3.8, 4) is 0 Å². The zero-order valence-electron chi connectivity index (χ0n) is 22.5. The van der Waals surface area contributed by atoms with E-state index in [2.05, 4.69) is 30.6 Å². The number of nitrogens with one attached hydrogen (secondary N) is 2. The lowest BCUT2D eigenvalue weighted by Gasteiger charge is -2.36. The molecule has 0 atom stereocenters. The third-order valence-electron chi connectivity index (χ3n) is 6.74. The van der Waals surface area contributed by atoms with Crippen molar-refractivity contribution in [2.45, 2.75) is 20.0 Å². The average Bonchev–Trinajstić information content (AvgIpc) is 3.30. The number of imidazole rings is 1. The molecule has 214 valence electrons. The minimum absolute atomic E-state index is 0.246. The minimum Gasteiger partial charge on any atom is -0.368 e. The Balaban J connectivity index is 1.27. The Morgan fingerprint density at radius 1 is 0.976 bits per heavy atom. The fraction of sp³-hybridized carbons (Fsp3) is 0.296. The molecule has 2 aromatic carbocycles. The normalized spacial score (nSPS) is 13.8. The van der Waals surface area contributed by atoms with Crippen molar-refractivity contribution >= 4 is 46.7 Å². The Morgan fingerprint density at radius 2 is 1.68 bits per heavy atom. The summed E-state index contributed by atoms with van der Waals surface area (Å²) in [6, 6.07) is 10.7. The highest BCUT2D eigenvalue weighted by Gasteiger charge is 2.31. The number of aromatic nitrogens is 5. The number of carbonyl (C=O) groups excluding carboxylic acids is 1. The lowest BCUT2D eigenvalue weighted by molar-refractivity contribution is -0.137. The molecule has 0 unspecified atom stereocenters. The van der Waals surface area contributed by atoms with E-state index < -0.39 is 11.7 Å². The number of benzene rings is 2. The van der Waals surface area contributed by atoms with E-state index in [9.17, 15) is 18.0 Å². The van der Waals surface area contributed by atoms with Crippen LogP contribution in [0.25, 0.3) is 0 Å². The van der Waals surface area contributed by atoms with Gasteiger partial charge in [0.2, 0.25) is 17.8 Å². The molecule has 1 aliphatic rings. The molecule has 41 heavy (non-hydrogen) atoms. The number of hydrogen-bond acceptors (Lipinski definition) is 8. The topological polar surface area (TPSA) is 104 Å². The largest absolute Gasteiger partial charge is 0.416 e. The zero-order valence-corrected chi connectivity index (χ0v) is 23.3. The van der Waals surface area contributed by atoms with Gasteiger partial charge >= 0.3 is 6.18 Å². The van der Waals surface area contributed by atoms with E-state index in [1.54, 1.807) is 36.7 Å². The number of amides is 1. The smallest absolute Gasteiger partial charge is 0.368 e. The van der Waals surface area contributed by atoms with Crippen LogP contribution in [-0.2, 0) is 13.2 Å². The van der Waals surface area contributed by atoms with Gasteiger partial charge in [0.1, 0.15) is 11.5 Å². The van der Waals surface area contributed by atoms with Gasteiger partial charge in [0, 0.05) is 38.9 Å². The van der Waals surface area contributed by atoms with Gasteiger partial charge in [-0.1, -0.05) is 29.8 Å². The highest BCUT2D eigenvalue weighted by atomic mass is 35.5. The van der Waals surface area contributed by atoms with E-state index in [-0.39, 0.29) is 11.9 Å². The molecule has 14 heteroatoms. The maximum atomic E-state index is 13.1. The number of alkyl halides is 3. The summed E-state index contributed by atoms with van der Waals surface area (Å²) in [5.74, 6) is 1.12. The molecule has 0 aliphatic carbocycles. The van der Waals surface area contributed by atoms with Gasteiger partial charge in [-0.15, -0.1) is 0 Å². The third-order valence-corrected chi connectivity index (χ3v) is 7.06. The number of anilines is 5. The molecule has 10 nitrogen and oxygen atoms in total. The van der Waals surface area contributed by atoms with Crippen LogP contribution in [0.3, 0.4) is 0 Å². The first-order chi connectivity index (χ1) is 19.5. The summed E-state index contributed by atoms with van der Waals surface area (Å²) < 4.78 is 41.0. The van der Waals surface area contributed by atoms with E-state index in [4.69, 9.17) is 11.6 Å². The Hall–Kier alpha value is -4.39. The summed E-state index contributed by atoms with van der Waals surface area (Å²) in [5, 5.41) is 6.32. The van der Waals surface area contributed by atoms with Crippen molar-refractivity contribution in [1.29, 1.82) is 0 Å². The van der Waals surface area contributed by atoms with Crippen molar-refractivity contribution in [3.05, 3.63) is 76.3 Å². The second kappa shape index (κ2) is 11.2. The molecule has 0 spiro atoms. The van der Waals surface area contributed by atoms with Gasteiger partial charge in [0.15, 0.2) is 0 Å². The van der Waals surface area contributed by atoms with Gasteiger partial charge in [-0.25, -0.2) is 4.98 Å². The maximum absolute atomic E-state index is 13.1. The summed E-state index contributed by atoms with van der Waals surface area (Å²) in [6.07, 6.45) is -2.96. The lowest BCUT2D eigenvalue weighted by Crippen LogP contribution is -2.47. The fourth-order valence-electron chi connectivity index (χ4n) is 4.51. The van der Waals surface area contributed by atoms with E-state index in [0.717, 1.165) is 11.6 Å². The molecular formula is C27H27ClF3N9O. The highest BCUT2D eigenvalue weighted by Crippen LogP contribution is 2.32. The number of nitrogens with zero attached hydrogens (tertiary/aromatic N) is 7. The third kappa shape index (κ3) is 6.19. The fourth-order valence-corrected chi connectivity index (χ4v) is 4.78. The van der Waals surface area contributed by atoms with Crippen LogP contribution in [0.2, 0.25) is 5.02 Å². The van der Waals surface area contributed by atoms with Crippen molar-refractivity contribution in [3.63, 3.8) is 0 Å². The van der Waals surface area contributed by atoms with Crippen LogP contribution >= 0.6 is 11.6 Å². The van der Waals surface area contributed by atoms with Crippen LogP contribution in [-0.4, -0.2) is 56.6 Å². The van der Waals surface area contributed by atoms with Gasteiger partial charge in [-0.05, 0) is 43.7 Å². The molecule has 1 fully saturated rings. The van der Waals surface area contributed by atoms with Crippen molar-refractivity contribution < 1.29 is 18.0 Å². The molecule has 2 aromatic heterocycles. The molecule has 1 saturated heterocycles. The van der Waals surface area contributed by atoms with Crippen LogP contribution in [0.1, 0.15) is 27.4 Å². The summed E-state index contributed by atoms with van der Waals surface area (Å²) in [7, 11) is 1.69. The van der Waals surface area contributed by atoms with Crippen molar-refractivity contribution in [1.82, 2.24) is 24.5 Å². The maximum Gasteiger partial charge on any atom is 0.416 e. The molecule has 1 aliphatic heterocycles. The number of aryl methyl sites for hydroxylation is 2. The average molecular weight is 586 g/mol. The quantitative estimate of drug-likeness (QED) is 0.318. The summed E-state index contributed by atoms with van der Waals surface area (Å²) in [4.78, 5) is 34.5. The first kappa shape index (κ1) is 28.1. The van der Waals surface area contributed by atoms with Crippen LogP contribution in [0, 0.1) is 13.8 Å². The van der Waals surface area contributed by atoms with Crippen LogP contribution in [0.15, 0.2) is 48.7 Å². The second-order valence-electron chi connectivity index (χ2n) is 9.57. The Bertz CT molecular complexity index is 1560. The number of halogens is 4. The molecule has 3 heterocycles. The standard InChI is InChI=1S/C27H27ClF3N9O/c1-16-6-4-9-20(28)22(16)35-23(41)21-15-32-25(38(21)3)36-24-33-17(2)34-26(37-24)40-12-10-39(11-13-40)19-8-5-7-18(14-19)27(29,30)31/h4-9,14-15H,10-13H2,1-3H3,(H,35,41)(H,32,33,34,36,37). The highest BCUT2D eigenvalue weighted by molar-refractivity contribution is 6.34. The number of para-hydroxylation sites is 1. The van der Waals surface area contributed by atoms with E-state index in [0.29, 0.717) is 66.0 Å². The van der Waals surface area contributed by atoms with Crippen LogP contribution < -0.4 is 20.4 Å². The number of piperazine rings is 1. The van der Waals surface area contributed by atoms with Gasteiger partial charge in [0.25, 0.3) is 5.91 Å². The zero-order chi connectivity index (χ0) is 29.3. The van der Waals surface area contributed by atoms with Gasteiger partial charge < -0.3 is 19.7 Å². The van der Waals surface area contributed by atoms with Gasteiger partial charge in [0.05, 0.1) is 22.5 Å². The lowest BCUT2D eigenvalue weighted by atomic mass is 10.1. The molecule has 2 N–H and O–H groups in total. The molecule has 4 aromatic rings. The molecule has 0 radical (unpaired) electrons. The second-order valence-corrected chi connectivity index (χ2v) is 9.97. The van der Waals surface area contributed by atoms with Gasteiger partial charge in [-0.3, -0.25) is 10.1 Å². The number of carbonyl (C=O) groups is 1. The first-order valence-electron chi connectivity index (χ1n) is 12.7. The Morgan fingerprint density at radius 3 is 2.39 bits per heavy atom.